The van der Waals surface area contributed by atoms with Crippen LogP contribution in [0.25, 0.3) is 0 Å². The van der Waals surface area contributed by atoms with Crippen molar-refractivity contribution in [2.24, 2.45) is 10.9 Å². The van der Waals surface area contributed by atoms with E-state index >= 15 is 0 Å². The standard InChI is InChI=1S/C20H34N4O/c1-4-21-20(23-15-18-11-13-24(3)16-18)22-12-8-14-25-17(2)19-9-6-5-7-10-19/h5-7,9-10,17-18H,4,8,11-16H2,1-3H3,(H2,21,22,23). The summed E-state index contributed by atoms with van der Waals surface area (Å²) in [6, 6.07) is 10.4. The molecule has 0 radical (unpaired) electrons. The first kappa shape index (κ1) is 19.7. The molecule has 1 aromatic carbocycles. The molecule has 140 valence electrons. The van der Waals surface area contributed by atoms with E-state index in [-0.39, 0.29) is 6.10 Å². The zero-order valence-corrected chi connectivity index (χ0v) is 16.0. The monoisotopic (exact) mass is 346 g/mol. The van der Waals surface area contributed by atoms with Gasteiger partial charge in [0.2, 0.25) is 0 Å². The van der Waals surface area contributed by atoms with E-state index in [1.807, 2.05) is 6.07 Å². The maximum absolute atomic E-state index is 5.92. The number of benzene rings is 1. The van der Waals surface area contributed by atoms with E-state index in [0.717, 1.165) is 45.2 Å². The third kappa shape index (κ3) is 7.45. The van der Waals surface area contributed by atoms with Crippen LogP contribution in [-0.4, -0.2) is 57.2 Å². The molecule has 2 N–H and O–H groups in total. The molecule has 5 heteroatoms. The van der Waals surface area contributed by atoms with Gasteiger partial charge < -0.3 is 20.3 Å². The Bertz CT molecular complexity index is 506. The topological polar surface area (TPSA) is 48.9 Å². The van der Waals surface area contributed by atoms with Crippen LogP contribution in [0.3, 0.4) is 0 Å². The number of nitrogens with zero attached hydrogens (tertiary/aromatic N) is 2. The molecule has 0 amide bonds. The van der Waals surface area contributed by atoms with Crippen molar-refractivity contribution in [1.29, 1.82) is 0 Å². The van der Waals surface area contributed by atoms with Gasteiger partial charge in [-0.05, 0) is 51.8 Å². The molecule has 2 rings (SSSR count). The van der Waals surface area contributed by atoms with E-state index in [1.54, 1.807) is 0 Å². The summed E-state index contributed by atoms with van der Waals surface area (Å²) in [4.78, 5) is 7.12. The van der Waals surface area contributed by atoms with Crippen molar-refractivity contribution in [3.63, 3.8) is 0 Å². The average Bonchev–Trinajstić information content (AvgIpc) is 3.05. The van der Waals surface area contributed by atoms with Crippen molar-refractivity contribution >= 4 is 5.96 Å². The fourth-order valence-electron chi connectivity index (χ4n) is 3.10. The van der Waals surface area contributed by atoms with Gasteiger partial charge in [0.25, 0.3) is 0 Å². The molecule has 0 aliphatic carbocycles. The van der Waals surface area contributed by atoms with Crippen LogP contribution in [0.5, 0.6) is 0 Å². The van der Waals surface area contributed by atoms with Crippen LogP contribution in [0.4, 0.5) is 0 Å². The van der Waals surface area contributed by atoms with Crippen LogP contribution in [0.15, 0.2) is 35.3 Å². The van der Waals surface area contributed by atoms with E-state index in [2.05, 4.69) is 60.7 Å². The SMILES string of the molecule is CCNC(=NCC1CCN(C)C1)NCCCOC(C)c1ccccc1. The Morgan fingerprint density at radius 2 is 2.12 bits per heavy atom. The zero-order valence-electron chi connectivity index (χ0n) is 16.0. The minimum absolute atomic E-state index is 0.141. The molecule has 1 heterocycles. The van der Waals surface area contributed by atoms with Crippen molar-refractivity contribution in [2.75, 3.05) is 46.4 Å². The molecule has 1 aliphatic heterocycles. The van der Waals surface area contributed by atoms with Gasteiger partial charge in [-0.2, -0.15) is 0 Å². The van der Waals surface area contributed by atoms with Crippen molar-refractivity contribution in [3.05, 3.63) is 35.9 Å². The molecule has 0 saturated carbocycles. The highest BCUT2D eigenvalue weighted by molar-refractivity contribution is 5.79. The normalized spacial score (nSPS) is 19.8. The highest BCUT2D eigenvalue weighted by atomic mass is 16.5. The molecule has 1 aromatic rings. The Morgan fingerprint density at radius 3 is 2.80 bits per heavy atom. The number of likely N-dealkylation sites (tertiary alicyclic amines) is 1. The van der Waals surface area contributed by atoms with Crippen molar-refractivity contribution in [1.82, 2.24) is 15.5 Å². The third-order valence-corrected chi connectivity index (χ3v) is 4.59. The molecule has 0 aromatic heterocycles. The number of guanidine groups is 1. The Labute approximate surface area is 152 Å². The fraction of sp³-hybridized carbons (Fsp3) is 0.650. The highest BCUT2D eigenvalue weighted by Gasteiger charge is 2.18. The van der Waals surface area contributed by atoms with Crippen LogP contribution >= 0.6 is 0 Å². The zero-order chi connectivity index (χ0) is 17.9. The molecule has 1 saturated heterocycles. The second-order valence-electron chi connectivity index (χ2n) is 6.84. The number of nitrogens with one attached hydrogen (secondary N) is 2. The minimum Gasteiger partial charge on any atom is -0.374 e. The van der Waals surface area contributed by atoms with Gasteiger partial charge in [-0.1, -0.05) is 30.3 Å². The maximum Gasteiger partial charge on any atom is 0.191 e. The van der Waals surface area contributed by atoms with Gasteiger partial charge in [0, 0.05) is 32.8 Å². The molecule has 5 nitrogen and oxygen atoms in total. The van der Waals surface area contributed by atoms with Gasteiger partial charge in [0.15, 0.2) is 5.96 Å². The smallest absolute Gasteiger partial charge is 0.191 e. The molecule has 1 fully saturated rings. The first-order valence-corrected chi connectivity index (χ1v) is 9.56. The molecular formula is C20H34N4O. The summed E-state index contributed by atoms with van der Waals surface area (Å²) in [6.07, 6.45) is 2.36. The summed E-state index contributed by atoms with van der Waals surface area (Å²) in [5.74, 6) is 1.61. The van der Waals surface area contributed by atoms with Crippen LogP contribution in [-0.2, 0) is 4.74 Å². The number of aliphatic imine (C=N–C) groups is 1. The molecule has 25 heavy (non-hydrogen) atoms. The first-order chi connectivity index (χ1) is 12.2. The first-order valence-electron chi connectivity index (χ1n) is 9.56. The van der Waals surface area contributed by atoms with Crippen LogP contribution in [0, 0.1) is 5.92 Å². The quantitative estimate of drug-likeness (QED) is 0.410. The molecule has 0 bridgehead atoms. The van der Waals surface area contributed by atoms with Crippen molar-refractivity contribution < 1.29 is 4.74 Å². The Morgan fingerprint density at radius 1 is 1.32 bits per heavy atom. The van der Waals surface area contributed by atoms with Gasteiger partial charge in [-0.25, -0.2) is 0 Å². The fourth-order valence-corrected chi connectivity index (χ4v) is 3.10. The van der Waals surface area contributed by atoms with E-state index in [1.165, 1.54) is 18.5 Å². The van der Waals surface area contributed by atoms with Gasteiger partial charge in [0.05, 0.1) is 6.10 Å². The Kier molecular flexibility index (Phi) is 8.77. The van der Waals surface area contributed by atoms with Crippen LogP contribution in [0.2, 0.25) is 0 Å². The lowest BCUT2D eigenvalue weighted by molar-refractivity contribution is 0.0646. The number of hydrogen-bond acceptors (Lipinski definition) is 3. The highest BCUT2D eigenvalue weighted by Crippen LogP contribution is 2.16. The van der Waals surface area contributed by atoms with Crippen molar-refractivity contribution in [2.45, 2.75) is 32.8 Å². The van der Waals surface area contributed by atoms with E-state index in [9.17, 15) is 0 Å². The molecule has 2 unspecified atom stereocenters. The summed E-state index contributed by atoms with van der Waals surface area (Å²) in [6.45, 7) is 9.97. The number of hydrogen-bond donors (Lipinski definition) is 2. The van der Waals surface area contributed by atoms with Gasteiger partial charge in [-0.3, -0.25) is 4.99 Å². The maximum atomic E-state index is 5.92. The second-order valence-corrected chi connectivity index (χ2v) is 6.84. The van der Waals surface area contributed by atoms with E-state index in [0.29, 0.717) is 5.92 Å². The molecular weight excluding hydrogens is 312 g/mol. The predicted molar refractivity (Wildman–Crippen MR) is 105 cm³/mol. The van der Waals surface area contributed by atoms with Gasteiger partial charge in [-0.15, -0.1) is 0 Å². The lowest BCUT2D eigenvalue weighted by Crippen LogP contribution is -2.38. The molecule has 0 spiro atoms. The largest absolute Gasteiger partial charge is 0.374 e. The van der Waals surface area contributed by atoms with Crippen molar-refractivity contribution in [3.8, 4) is 0 Å². The Balaban J connectivity index is 1.63. The lowest BCUT2D eigenvalue weighted by atomic mass is 10.1. The summed E-state index contributed by atoms with van der Waals surface area (Å²) in [7, 11) is 2.18. The summed E-state index contributed by atoms with van der Waals surface area (Å²) in [5.41, 5.74) is 1.23. The summed E-state index contributed by atoms with van der Waals surface area (Å²) >= 11 is 0. The number of ether oxygens (including phenoxy) is 1. The third-order valence-electron chi connectivity index (χ3n) is 4.59. The second kappa shape index (κ2) is 11.1. The van der Waals surface area contributed by atoms with E-state index < -0.39 is 0 Å². The van der Waals surface area contributed by atoms with Gasteiger partial charge >= 0.3 is 0 Å². The van der Waals surface area contributed by atoms with E-state index in [4.69, 9.17) is 9.73 Å². The van der Waals surface area contributed by atoms with Crippen LogP contribution < -0.4 is 10.6 Å². The predicted octanol–water partition coefficient (Wildman–Crippen LogP) is 2.66. The summed E-state index contributed by atoms with van der Waals surface area (Å²) in [5, 5.41) is 6.74. The Hall–Kier alpha value is -1.59. The lowest BCUT2D eigenvalue weighted by Gasteiger charge is -2.15. The van der Waals surface area contributed by atoms with Gasteiger partial charge in [0.1, 0.15) is 0 Å². The molecule has 1 aliphatic rings. The molecule has 2 atom stereocenters. The average molecular weight is 347 g/mol. The minimum atomic E-state index is 0.141. The number of rotatable bonds is 9. The van der Waals surface area contributed by atoms with Crippen LogP contribution in [0.1, 0.15) is 38.4 Å². The summed E-state index contributed by atoms with van der Waals surface area (Å²) < 4.78 is 5.92.